The van der Waals surface area contributed by atoms with Crippen LogP contribution in [0.15, 0.2) is 82.8 Å². The normalized spacial score (nSPS) is 11.1. The fraction of sp³-hybridized carbons (Fsp3) is 0.0714. The third kappa shape index (κ3) is 5.83. The van der Waals surface area contributed by atoms with Crippen molar-refractivity contribution in [3.8, 4) is 17.6 Å². The quantitative estimate of drug-likeness (QED) is 0.177. The lowest BCUT2D eigenvalue weighted by Gasteiger charge is -2.15. The standard InChI is InChI=1S/C28H19BrCl2N2O3/c1-35-26-13-17(11-20(15-32)28(34)33-21-9-10-24(30)25(31)14-21)12-23(29)27(26)36-16-19-7-4-6-18-5-2-3-8-22(18)19/h2-14H,16H2,1H3,(H,33,34)/b20-11-. The van der Waals surface area contributed by atoms with Crippen molar-refractivity contribution in [1.82, 2.24) is 0 Å². The molecular formula is C28H19BrCl2N2O3. The SMILES string of the molecule is COc1cc(/C=C(/C#N)C(=O)Nc2ccc(Cl)c(Cl)c2)cc(Br)c1OCc1cccc2ccccc12. The fourth-order valence-corrected chi connectivity index (χ4v) is 4.49. The van der Waals surface area contributed by atoms with Gasteiger partial charge in [-0.05, 0) is 74.2 Å². The number of nitriles is 1. The third-order valence-corrected chi connectivity index (χ3v) is 6.69. The minimum Gasteiger partial charge on any atom is -0.493 e. The van der Waals surface area contributed by atoms with Gasteiger partial charge in [-0.1, -0.05) is 65.7 Å². The van der Waals surface area contributed by atoms with Gasteiger partial charge in [-0.25, -0.2) is 0 Å². The van der Waals surface area contributed by atoms with Gasteiger partial charge in [0, 0.05) is 5.69 Å². The summed E-state index contributed by atoms with van der Waals surface area (Å²) in [6.07, 6.45) is 1.47. The van der Waals surface area contributed by atoms with Crippen LogP contribution in [0.25, 0.3) is 16.8 Å². The maximum absolute atomic E-state index is 12.7. The van der Waals surface area contributed by atoms with Crippen LogP contribution in [0.2, 0.25) is 10.0 Å². The first-order valence-corrected chi connectivity index (χ1v) is 12.3. The summed E-state index contributed by atoms with van der Waals surface area (Å²) in [4.78, 5) is 12.7. The molecule has 0 spiro atoms. The predicted molar refractivity (Wildman–Crippen MR) is 148 cm³/mol. The topological polar surface area (TPSA) is 71.3 Å². The van der Waals surface area contributed by atoms with Gasteiger partial charge in [0.1, 0.15) is 18.2 Å². The summed E-state index contributed by atoms with van der Waals surface area (Å²) in [7, 11) is 1.53. The van der Waals surface area contributed by atoms with Gasteiger partial charge in [0.2, 0.25) is 0 Å². The number of benzene rings is 4. The van der Waals surface area contributed by atoms with Crippen LogP contribution in [0, 0.1) is 11.3 Å². The second-order valence-corrected chi connectivity index (χ2v) is 9.38. The smallest absolute Gasteiger partial charge is 0.266 e. The Hall–Kier alpha value is -3.50. The number of fused-ring (bicyclic) bond motifs is 1. The minimum absolute atomic E-state index is 0.0977. The Balaban J connectivity index is 1.56. The highest BCUT2D eigenvalue weighted by molar-refractivity contribution is 9.10. The van der Waals surface area contributed by atoms with Crippen molar-refractivity contribution < 1.29 is 14.3 Å². The number of halogens is 3. The number of carbonyl (C=O) groups excluding carboxylic acids is 1. The van der Waals surface area contributed by atoms with Crippen molar-refractivity contribution >= 4 is 67.6 Å². The Morgan fingerprint density at radius 1 is 1.06 bits per heavy atom. The van der Waals surface area contributed by atoms with E-state index < -0.39 is 5.91 Å². The molecule has 5 nitrogen and oxygen atoms in total. The summed E-state index contributed by atoms with van der Waals surface area (Å²) in [5, 5.41) is 15.1. The lowest BCUT2D eigenvalue weighted by Crippen LogP contribution is -2.13. The highest BCUT2D eigenvalue weighted by Gasteiger charge is 2.15. The van der Waals surface area contributed by atoms with E-state index in [1.54, 1.807) is 24.3 Å². The van der Waals surface area contributed by atoms with Crippen LogP contribution < -0.4 is 14.8 Å². The molecule has 0 aromatic heterocycles. The predicted octanol–water partition coefficient (Wildman–Crippen LogP) is 8.04. The van der Waals surface area contributed by atoms with Gasteiger partial charge >= 0.3 is 0 Å². The number of carbonyl (C=O) groups is 1. The first kappa shape index (κ1) is 25.6. The van der Waals surface area contributed by atoms with Crippen LogP contribution >= 0.6 is 39.1 Å². The number of anilines is 1. The molecule has 36 heavy (non-hydrogen) atoms. The van der Waals surface area contributed by atoms with Crippen molar-refractivity contribution in [2.45, 2.75) is 6.61 Å². The Morgan fingerprint density at radius 3 is 2.58 bits per heavy atom. The molecule has 0 fully saturated rings. The largest absolute Gasteiger partial charge is 0.493 e. The molecule has 0 bridgehead atoms. The lowest BCUT2D eigenvalue weighted by molar-refractivity contribution is -0.112. The summed E-state index contributed by atoms with van der Waals surface area (Å²) in [5.41, 5.74) is 1.94. The highest BCUT2D eigenvalue weighted by Crippen LogP contribution is 2.38. The molecule has 0 atom stereocenters. The van der Waals surface area contributed by atoms with E-state index in [1.165, 1.54) is 19.3 Å². The fourth-order valence-electron chi connectivity index (χ4n) is 3.62. The average molecular weight is 582 g/mol. The summed E-state index contributed by atoms with van der Waals surface area (Å²) in [6, 6.07) is 24.2. The molecule has 0 unspecified atom stereocenters. The van der Waals surface area contributed by atoms with Gasteiger partial charge in [0.25, 0.3) is 5.91 Å². The van der Waals surface area contributed by atoms with Gasteiger partial charge in [-0.15, -0.1) is 0 Å². The number of hydrogen-bond acceptors (Lipinski definition) is 4. The molecule has 0 saturated carbocycles. The molecular weight excluding hydrogens is 563 g/mol. The van der Waals surface area contributed by atoms with Crippen LogP contribution in [0.5, 0.6) is 11.5 Å². The second kappa shape index (κ2) is 11.5. The molecule has 0 aliphatic carbocycles. The average Bonchev–Trinajstić information content (AvgIpc) is 2.88. The van der Waals surface area contributed by atoms with Crippen molar-refractivity contribution in [1.29, 1.82) is 5.26 Å². The first-order valence-electron chi connectivity index (χ1n) is 10.7. The zero-order valence-electron chi connectivity index (χ0n) is 19.0. The van der Waals surface area contributed by atoms with Crippen molar-refractivity contribution in [2.24, 2.45) is 0 Å². The Kier molecular flexibility index (Phi) is 8.17. The van der Waals surface area contributed by atoms with Gasteiger partial charge in [0.05, 0.1) is 21.6 Å². The van der Waals surface area contributed by atoms with E-state index in [0.717, 1.165) is 16.3 Å². The van der Waals surface area contributed by atoms with E-state index in [4.69, 9.17) is 32.7 Å². The lowest BCUT2D eigenvalue weighted by atomic mass is 10.1. The maximum atomic E-state index is 12.7. The van der Waals surface area contributed by atoms with E-state index >= 15 is 0 Å². The Bertz CT molecular complexity index is 1520. The van der Waals surface area contributed by atoms with Crippen molar-refractivity contribution in [3.63, 3.8) is 0 Å². The Labute approximate surface area is 227 Å². The van der Waals surface area contributed by atoms with E-state index in [1.807, 2.05) is 30.3 Å². The molecule has 0 aliphatic heterocycles. The zero-order chi connectivity index (χ0) is 25.7. The number of ether oxygens (including phenoxy) is 2. The molecule has 4 aromatic carbocycles. The Morgan fingerprint density at radius 2 is 1.83 bits per heavy atom. The number of nitrogens with zero attached hydrogens (tertiary/aromatic N) is 1. The van der Waals surface area contributed by atoms with Crippen LogP contribution in [0.3, 0.4) is 0 Å². The van der Waals surface area contributed by atoms with Gasteiger partial charge in [-0.3, -0.25) is 4.79 Å². The number of nitrogens with one attached hydrogen (secondary N) is 1. The van der Waals surface area contributed by atoms with Crippen molar-refractivity contribution in [3.05, 3.63) is 104 Å². The van der Waals surface area contributed by atoms with Crippen molar-refractivity contribution in [2.75, 3.05) is 12.4 Å². The molecule has 0 heterocycles. The molecule has 180 valence electrons. The summed E-state index contributed by atoms with van der Waals surface area (Å²) < 4.78 is 12.3. The van der Waals surface area contributed by atoms with E-state index in [2.05, 4.69) is 39.4 Å². The molecule has 0 aliphatic rings. The van der Waals surface area contributed by atoms with Gasteiger partial charge < -0.3 is 14.8 Å². The molecule has 4 aromatic rings. The summed E-state index contributed by atoms with van der Waals surface area (Å²) >= 11 is 15.5. The summed E-state index contributed by atoms with van der Waals surface area (Å²) in [5.74, 6) is 0.390. The number of hydrogen-bond donors (Lipinski definition) is 1. The summed E-state index contributed by atoms with van der Waals surface area (Å²) in [6.45, 7) is 0.334. The molecule has 0 saturated heterocycles. The monoisotopic (exact) mass is 580 g/mol. The molecule has 8 heteroatoms. The molecule has 4 rings (SSSR count). The number of amides is 1. The molecule has 1 N–H and O–H groups in total. The van der Waals surface area contributed by atoms with Crippen LogP contribution in [-0.4, -0.2) is 13.0 Å². The van der Waals surface area contributed by atoms with Gasteiger partial charge in [-0.2, -0.15) is 5.26 Å². The van der Waals surface area contributed by atoms with Crippen LogP contribution in [-0.2, 0) is 11.4 Å². The minimum atomic E-state index is -0.581. The van der Waals surface area contributed by atoms with E-state index in [9.17, 15) is 10.1 Å². The maximum Gasteiger partial charge on any atom is 0.266 e. The van der Waals surface area contributed by atoms with Crippen LogP contribution in [0.1, 0.15) is 11.1 Å². The zero-order valence-corrected chi connectivity index (χ0v) is 22.1. The first-order chi connectivity index (χ1) is 17.4. The second-order valence-electron chi connectivity index (χ2n) is 7.71. The van der Waals surface area contributed by atoms with Gasteiger partial charge in [0.15, 0.2) is 11.5 Å². The van der Waals surface area contributed by atoms with Crippen LogP contribution in [0.4, 0.5) is 5.69 Å². The third-order valence-electron chi connectivity index (χ3n) is 5.36. The number of rotatable bonds is 7. The molecule has 1 amide bonds. The highest BCUT2D eigenvalue weighted by atomic mass is 79.9. The van der Waals surface area contributed by atoms with E-state index in [-0.39, 0.29) is 5.57 Å². The number of methoxy groups -OCH3 is 1. The van der Waals surface area contributed by atoms with E-state index in [0.29, 0.717) is 43.9 Å². The molecule has 0 radical (unpaired) electrons.